The largest absolute Gasteiger partial charge is 0.338 e. The molecule has 2 aromatic rings. The second-order valence-corrected chi connectivity index (χ2v) is 7.56. The van der Waals surface area contributed by atoms with Gasteiger partial charge in [0.25, 0.3) is 0 Å². The first-order chi connectivity index (χ1) is 13.1. The molecular weight excluding hydrogens is 361 g/mol. The minimum atomic E-state index is -0.303. The summed E-state index contributed by atoms with van der Waals surface area (Å²) < 4.78 is 13.4. The molecule has 27 heavy (non-hydrogen) atoms. The van der Waals surface area contributed by atoms with E-state index >= 15 is 0 Å². The minimum absolute atomic E-state index is 0.0461. The summed E-state index contributed by atoms with van der Waals surface area (Å²) in [4.78, 5) is 19.0. The first-order valence-electron chi connectivity index (χ1n) is 9.18. The molecule has 0 saturated heterocycles. The summed E-state index contributed by atoms with van der Waals surface area (Å²) in [6.45, 7) is 2.81. The third-order valence-electron chi connectivity index (χ3n) is 4.72. The molecule has 1 aliphatic carbocycles. The number of fused-ring (bicyclic) bond motifs is 1. The van der Waals surface area contributed by atoms with Crippen LogP contribution in [0.3, 0.4) is 0 Å². The van der Waals surface area contributed by atoms with Crippen LogP contribution in [0.4, 0.5) is 4.39 Å². The molecule has 1 aliphatic rings. The van der Waals surface area contributed by atoms with E-state index < -0.39 is 0 Å². The van der Waals surface area contributed by atoms with Crippen LogP contribution < -0.4 is 0 Å². The Morgan fingerprint density at radius 2 is 2.15 bits per heavy atom. The lowest BCUT2D eigenvalue weighted by Crippen LogP contribution is -2.31. The monoisotopic (exact) mass is 383 g/mol. The highest BCUT2D eigenvalue weighted by atomic mass is 32.2. The molecule has 1 amide bonds. The number of halogens is 1. The number of nitrogens with zero attached hydrogens (tertiary/aromatic N) is 3. The van der Waals surface area contributed by atoms with E-state index in [9.17, 15) is 14.4 Å². The van der Waals surface area contributed by atoms with Crippen LogP contribution in [0.2, 0.25) is 0 Å². The molecule has 0 saturated carbocycles. The Kier molecular flexibility index (Phi) is 6.46. The molecule has 1 heterocycles. The van der Waals surface area contributed by atoms with Gasteiger partial charge in [-0.3, -0.25) is 4.79 Å². The van der Waals surface area contributed by atoms with Crippen LogP contribution >= 0.6 is 11.8 Å². The van der Waals surface area contributed by atoms with E-state index in [1.165, 1.54) is 23.9 Å². The van der Waals surface area contributed by atoms with Gasteiger partial charge in [0, 0.05) is 18.8 Å². The van der Waals surface area contributed by atoms with Crippen molar-refractivity contribution in [1.29, 1.82) is 5.26 Å². The van der Waals surface area contributed by atoms with Gasteiger partial charge >= 0.3 is 0 Å². The predicted octanol–water partition coefficient (Wildman–Crippen LogP) is 4.11. The van der Waals surface area contributed by atoms with Gasteiger partial charge in [-0.25, -0.2) is 9.37 Å². The molecule has 140 valence electrons. The zero-order chi connectivity index (χ0) is 19.2. The minimum Gasteiger partial charge on any atom is -0.338 e. The van der Waals surface area contributed by atoms with Gasteiger partial charge in [0.2, 0.25) is 5.91 Å². The van der Waals surface area contributed by atoms with E-state index in [0.717, 1.165) is 42.5 Å². The normalized spacial score (nSPS) is 12.9. The highest BCUT2D eigenvalue weighted by molar-refractivity contribution is 7.99. The molecule has 0 atom stereocenters. The number of hydrogen-bond acceptors (Lipinski definition) is 4. The number of nitriles is 1. The topological polar surface area (TPSA) is 57.0 Å². The molecule has 0 N–H and O–H groups in total. The van der Waals surface area contributed by atoms with Gasteiger partial charge in [-0.2, -0.15) is 5.26 Å². The Hall–Kier alpha value is -2.39. The molecule has 0 aliphatic heterocycles. The second kappa shape index (κ2) is 9.01. The van der Waals surface area contributed by atoms with Crippen molar-refractivity contribution in [2.75, 3.05) is 12.3 Å². The van der Waals surface area contributed by atoms with E-state index in [-0.39, 0.29) is 17.5 Å². The van der Waals surface area contributed by atoms with Crippen LogP contribution in [0, 0.1) is 17.1 Å². The maximum absolute atomic E-state index is 13.4. The zero-order valence-corrected chi connectivity index (χ0v) is 16.2. The Balaban J connectivity index is 1.68. The molecular formula is C21H22FN3OS. The van der Waals surface area contributed by atoms with E-state index in [2.05, 4.69) is 11.1 Å². The van der Waals surface area contributed by atoms with Crippen molar-refractivity contribution in [3.63, 3.8) is 0 Å². The van der Waals surface area contributed by atoms with Crippen LogP contribution in [-0.2, 0) is 24.2 Å². The second-order valence-electron chi connectivity index (χ2n) is 6.59. The number of benzene rings is 1. The summed E-state index contributed by atoms with van der Waals surface area (Å²) in [6.07, 6.45) is 4.16. The van der Waals surface area contributed by atoms with Crippen LogP contribution in [0.15, 0.2) is 35.4 Å². The Morgan fingerprint density at radius 1 is 1.33 bits per heavy atom. The van der Waals surface area contributed by atoms with Gasteiger partial charge in [-0.05, 0) is 61.9 Å². The molecule has 3 rings (SSSR count). The van der Waals surface area contributed by atoms with Crippen LogP contribution in [0.1, 0.15) is 42.1 Å². The fourth-order valence-corrected chi connectivity index (χ4v) is 4.14. The fourth-order valence-electron chi connectivity index (χ4n) is 3.26. The van der Waals surface area contributed by atoms with Crippen molar-refractivity contribution >= 4 is 17.7 Å². The highest BCUT2D eigenvalue weighted by Crippen LogP contribution is 2.27. The molecule has 0 bridgehead atoms. The van der Waals surface area contributed by atoms with Gasteiger partial charge in [0.1, 0.15) is 16.9 Å². The van der Waals surface area contributed by atoms with Crippen molar-refractivity contribution in [3.8, 4) is 6.07 Å². The summed E-state index contributed by atoms with van der Waals surface area (Å²) in [5, 5.41) is 10.1. The third-order valence-corrected chi connectivity index (χ3v) is 5.69. The first-order valence-corrected chi connectivity index (χ1v) is 10.2. The summed E-state index contributed by atoms with van der Waals surface area (Å²) in [6, 6.07) is 10.4. The summed E-state index contributed by atoms with van der Waals surface area (Å²) in [5.41, 5.74) is 3.53. The first kappa shape index (κ1) is 19.4. The number of carbonyl (C=O) groups is 1. The number of thioether (sulfide) groups is 1. The molecule has 0 fully saturated rings. The lowest BCUT2D eigenvalue weighted by Gasteiger charge is -2.21. The van der Waals surface area contributed by atoms with Crippen LogP contribution in [-0.4, -0.2) is 28.1 Å². The quantitative estimate of drug-likeness (QED) is 0.705. The molecule has 0 spiro atoms. The number of hydrogen-bond donors (Lipinski definition) is 0. The summed E-state index contributed by atoms with van der Waals surface area (Å²) >= 11 is 1.31. The van der Waals surface area contributed by atoms with Crippen molar-refractivity contribution in [2.24, 2.45) is 0 Å². The standard InChI is InChI=1S/C21H22FN3OS/c1-2-25(13-15-6-5-8-18(22)10-15)20(26)14-27-21-17(12-23)11-16-7-3-4-9-19(16)24-21/h5-6,8,10-11H,2-4,7,9,13-14H2,1H3. The zero-order valence-electron chi connectivity index (χ0n) is 15.4. The molecule has 6 heteroatoms. The lowest BCUT2D eigenvalue weighted by atomic mass is 9.95. The summed E-state index contributed by atoms with van der Waals surface area (Å²) in [7, 11) is 0. The van der Waals surface area contributed by atoms with Crippen LogP contribution in [0.5, 0.6) is 0 Å². The number of aromatic nitrogens is 1. The third kappa shape index (κ3) is 4.86. The van der Waals surface area contributed by atoms with E-state index in [1.54, 1.807) is 11.0 Å². The summed E-state index contributed by atoms with van der Waals surface area (Å²) in [5.74, 6) is -0.138. The van der Waals surface area contributed by atoms with Gasteiger partial charge in [-0.15, -0.1) is 0 Å². The predicted molar refractivity (Wildman–Crippen MR) is 104 cm³/mol. The van der Waals surface area contributed by atoms with E-state index in [4.69, 9.17) is 0 Å². The van der Waals surface area contributed by atoms with Gasteiger partial charge in [0.15, 0.2) is 0 Å². The Morgan fingerprint density at radius 3 is 2.89 bits per heavy atom. The lowest BCUT2D eigenvalue weighted by molar-refractivity contribution is -0.128. The van der Waals surface area contributed by atoms with Crippen LogP contribution in [0.25, 0.3) is 0 Å². The van der Waals surface area contributed by atoms with E-state index in [0.29, 0.717) is 23.7 Å². The van der Waals surface area contributed by atoms with Crippen molar-refractivity contribution in [1.82, 2.24) is 9.88 Å². The average Bonchev–Trinajstić information content (AvgIpc) is 2.69. The Bertz CT molecular complexity index is 878. The molecule has 4 nitrogen and oxygen atoms in total. The Labute approximate surface area is 163 Å². The number of carbonyl (C=O) groups excluding carboxylic acids is 1. The number of pyridine rings is 1. The van der Waals surface area contributed by atoms with Crippen molar-refractivity contribution in [2.45, 2.75) is 44.2 Å². The van der Waals surface area contributed by atoms with Crippen molar-refractivity contribution < 1.29 is 9.18 Å². The number of rotatable bonds is 6. The smallest absolute Gasteiger partial charge is 0.233 e. The average molecular weight is 383 g/mol. The van der Waals surface area contributed by atoms with Gasteiger partial charge < -0.3 is 4.90 Å². The highest BCUT2D eigenvalue weighted by Gasteiger charge is 2.18. The molecule has 1 aromatic heterocycles. The maximum Gasteiger partial charge on any atom is 0.233 e. The number of aryl methyl sites for hydroxylation is 2. The maximum atomic E-state index is 13.4. The molecule has 1 aromatic carbocycles. The van der Waals surface area contributed by atoms with Gasteiger partial charge in [-0.1, -0.05) is 23.9 Å². The van der Waals surface area contributed by atoms with Gasteiger partial charge in [0.05, 0.1) is 11.3 Å². The van der Waals surface area contributed by atoms with Crippen molar-refractivity contribution in [3.05, 3.63) is 58.5 Å². The molecule has 0 unspecified atom stereocenters. The van der Waals surface area contributed by atoms with E-state index in [1.807, 2.05) is 19.1 Å². The molecule has 0 radical (unpaired) electrons. The SMILES string of the molecule is CCN(Cc1cccc(F)c1)C(=O)CSc1nc2c(cc1C#N)CCCC2. The fraction of sp³-hybridized carbons (Fsp3) is 0.381. The number of amides is 1.